The van der Waals surface area contributed by atoms with E-state index < -0.39 is 8.32 Å². The molecule has 0 aromatic carbocycles. The van der Waals surface area contributed by atoms with Gasteiger partial charge in [-0.25, -0.2) is 0 Å². The Hall–Kier alpha value is -0.633. The molecule has 0 bridgehead atoms. The maximum Gasteiger partial charge on any atom is 0.192 e. The number of ether oxygens (including phenoxy) is 1. The molecule has 4 heteroatoms. The van der Waals surface area contributed by atoms with Crippen molar-refractivity contribution in [3.05, 3.63) is 0 Å². The summed E-state index contributed by atoms with van der Waals surface area (Å²) in [6, 6.07) is 0. The maximum absolute atomic E-state index is 11.0. The first-order valence-corrected chi connectivity index (χ1v) is 11.6. The Morgan fingerprint density at radius 1 is 1.22 bits per heavy atom. The molecule has 3 nitrogen and oxygen atoms in total. The normalized spacial score (nSPS) is 16.2. The van der Waals surface area contributed by atoms with Gasteiger partial charge in [-0.05, 0) is 44.3 Å². The van der Waals surface area contributed by atoms with E-state index in [-0.39, 0.29) is 23.2 Å². The molecule has 0 aliphatic rings. The van der Waals surface area contributed by atoms with Gasteiger partial charge >= 0.3 is 0 Å². The lowest BCUT2D eigenvalue weighted by atomic mass is 9.98. The van der Waals surface area contributed by atoms with Crippen molar-refractivity contribution in [2.45, 2.75) is 90.6 Å². The average Bonchev–Trinajstić information content (AvgIpc) is 2.46. The lowest BCUT2D eigenvalue weighted by Gasteiger charge is -2.41. The fourth-order valence-corrected chi connectivity index (χ4v) is 3.59. The average molecular weight is 341 g/mol. The number of hydrogen-bond donors (Lipinski definition) is 0. The summed E-state index contributed by atoms with van der Waals surface area (Å²) in [6.45, 7) is 15.1. The van der Waals surface area contributed by atoms with E-state index in [4.69, 9.17) is 9.16 Å². The molecule has 0 fully saturated rings. The van der Waals surface area contributed by atoms with Gasteiger partial charge in [0.2, 0.25) is 0 Å². The van der Waals surface area contributed by atoms with Gasteiger partial charge in [-0.3, -0.25) is 0 Å². The van der Waals surface area contributed by atoms with Crippen LogP contribution in [0.2, 0.25) is 18.1 Å². The molecule has 0 saturated heterocycles. The van der Waals surface area contributed by atoms with Gasteiger partial charge in [0.1, 0.15) is 6.29 Å². The van der Waals surface area contributed by atoms with Crippen LogP contribution in [-0.4, -0.2) is 33.9 Å². The number of unbranched alkanes of at least 4 members (excludes halogenated alkanes) is 1. The molecule has 0 spiro atoms. The molecule has 0 amide bonds. The van der Waals surface area contributed by atoms with Crippen molar-refractivity contribution in [3.63, 3.8) is 0 Å². The van der Waals surface area contributed by atoms with Crippen LogP contribution in [0.25, 0.3) is 0 Å². The fourth-order valence-electron chi connectivity index (χ4n) is 2.21. The van der Waals surface area contributed by atoms with Crippen LogP contribution in [0, 0.1) is 17.8 Å². The van der Waals surface area contributed by atoms with Gasteiger partial charge in [0.25, 0.3) is 0 Å². The Morgan fingerprint density at radius 3 is 2.26 bits per heavy atom. The molecule has 0 aromatic heterocycles. The third kappa shape index (κ3) is 8.15. The number of methoxy groups -OCH3 is 1. The lowest BCUT2D eigenvalue weighted by Crippen LogP contribution is -2.47. The Morgan fingerprint density at radius 2 is 1.83 bits per heavy atom. The second-order valence-corrected chi connectivity index (χ2v) is 12.6. The summed E-state index contributed by atoms with van der Waals surface area (Å²) in [5.41, 5.74) is 0. The summed E-state index contributed by atoms with van der Waals surface area (Å²) >= 11 is 0. The topological polar surface area (TPSA) is 35.5 Å². The summed E-state index contributed by atoms with van der Waals surface area (Å²) in [5.74, 6) is 6.04. The van der Waals surface area contributed by atoms with E-state index >= 15 is 0 Å². The Bertz CT molecular complexity index is 401. The largest absolute Gasteiger partial charge is 0.411 e. The van der Waals surface area contributed by atoms with Gasteiger partial charge in [0, 0.05) is 19.4 Å². The van der Waals surface area contributed by atoms with Gasteiger partial charge in [-0.2, -0.15) is 0 Å². The van der Waals surface area contributed by atoms with Crippen LogP contribution in [0.3, 0.4) is 0 Å². The summed E-state index contributed by atoms with van der Waals surface area (Å²) < 4.78 is 12.3. The van der Waals surface area contributed by atoms with E-state index in [1.165, 1.54) is 0 Å². The van der Waals surface area contributed by atoms with E-state index in [2.05, 4.69) is 45.7 Å². The molecule has 0 N–H and O–H groups in total. The first kappa shape index (κ1) is 22.4. The van der Waals surface area contributed by atoms with E-state index in [0.717, 1.165) is 25.5 Å². The molecular weight excluding hydrogens is 304 g/mol. The van der Waals surface area contributed by atoms with Crippen LogP contribution in [-0.2, 0) is 14.0 Å². The molecular formula is C19H36O3Si. The Labute approximate surface area is 144 Å². The highest BCUT2D eigenvalue weighted by Gasteiger charge is 2.40. The molecule has 0 rings (SSSR count). The number of carbonyl (C=O) groups is 1. The van der Waals surface area contributed by atoms with Crippen molar-refractivity contribution in [1.29, 1.82) is 0 Å². The molecule has 0 unspecified atom stereocenters. The predicted octanol–water partition coefficient (Wildman–Crippen LogP) is 4.81. The zero-order chi connectivity index (χ0) is 18.1. The van der Waals surface area contributed by atoms with Crippen LogP contribution in [0.5, 0.6) is 0 Å². The molecule has 0 heterocycles. The van der Waals surface area contributed by atoms with E-state index in [9.17, 15) is 4.79 Å². The highest BCUT2D eigenvalue weighted by molar-refractivity contribution is 6.74. The van der Waals surface area contributed by atoms with Gasteiger partial charge in [-0.15, -0.1) is 11.8 Å². The molecule has 0 aliphatic carbocycles. The van der Waals surface area contributed by atoms with Crippen molar-refractivity contribution in [2.24, 2.45) is 5.92 Å². The zero-order valence-corrected chi connectivity index (χ0v) is 17.4. The quantitative estimate of drug-likeness (QED) is 0.248. The number of hydrogen-bond acceptors (Lipinski definition) is 3. The zero-order valence-electron chi connectivity index (χ0n) is 16.4. The summed E-state index contributed by atoms with van der Waals surface area (Å²) in [4.78, 5) is 11.0. The molecule has 23 heavy (non-hydrogen) atoms. The van der Waals surface area contributed by atoms with Crippen molar-refractivity contribution in [3.8, 4) is 11.8 Å². The van der Waals surface area contributed by atoms with Gasteiger partial charge in [0.05, 0.1) is 12.2 Å². The summed E-state index contributed by atoms with van der Waals surface area (Å²) in [7, 11) is -0.163. The number of rotatable bonds is 10. The van der Waals surface area contributed by atoms with E-state index in [0.29, 0.717) is 6.42 Å². The van der Waals surface area contributed by atoms with Crippen molar-refractivity contribution < 1.29 is 14.0 Å². The van der Waals surface area contributed by atoms with Gasteiger partial charge in [0.15, 0.2) is 8.32 Å². The minimum absolute atomic E-state index is 0.0131. The molecule has 0 saturated carbocycles. The molecule has 3 atom stereocenters. The predicted molar refractivity (Wildman–Crippen MR) is 100 cm³/mol. The van der Waals surface area contributed by atoms with Crippen molar-refractivity contribution in [2.75, 3.05) is 7.11 Å². The van der Waals surface area contributed by atoms with Crippen LogP contribution in [0.15, 0.2) is 0 Å². The summed E-state index contributed by atoms with van der Waals surface area (Å²) in [6.07, 6.45) is 4.49. The lowest BCUT2D eigenvalue weighted by molar-refractivity contribution is -0.112. The number of carbonyl (C=O) groups excluding carboxylic acids is 1. The minimum atomic E-state index is -1.88. The van der Waals surface area contributed by atoms with Crippen LogP contribution >= 0.6 is 0 Å². The number of aldehydes is 1. The molecule has 0 aromatic rings. The van der Waals surface area contributed by atoms with Crippen LogP contribution in [0.1, 0.15) is 60.3 Å². The highest BCUT2D eigenvalue weighted by Crippen LogP contribution is 2.38. The van der Waals surface area contributed by atoms with Crippen molar-refractivity contribution in [1.82, 2.24) is 0 Å². The van der Waals surface area contributed by atoms with Crippen LogP contribution in [0.4, 0.5) is 0 Å². The SMILES string of the molecule is CC#CCCC[C@@H](O[Si](C)(C)C(C)(C)C)[C@H](C[C@H](C)C=O)OC. The molecule has 0 aliphatic heterocycles. The van der Waals surface area contributed by atoms with Crippen molar-refractivity contribution >= 4 is 14.6 Å². The third-order valence-corrected chi connectivity index (χ3v) is 9.28. The smallest absolute Gasteiger partial charge is 0.192 e. The van der Waals surface area contributed by atoms with Crippen LogP contribution < -0.4 is 0 Å². The first-order valence-electron chi connectivity index (χ1n) is 8.64. The maximum atomic E-state index is 11.0. The second kappa shape index (κ2) is 10.3. The first-order chi connectivity index (χ1) is 10.6. The second-order valence-electron chi connectivity index (χ2n) is 7.86. The highest BCUT2D eigenvalue weighted by atomic mass is 28.4. The van der Waals surface area contributed by atoms with Gasteiger partial charge in [-0.1, -0.05) is 27.7 Å². The Kier molecular flexibility index (Phi) is 9.99. The molecule has 134 valence electrons. The monoisotopic (exact) mass is 340 g/mol. The standard InChI is InChI=1S/C19H36O3Si/c1-9-10-11-12-13-17(18(21-6)14-16(2)15-20)22-23(7,8)19(3,4)5/h15-18H,11-14H2,1-8H3/t16-,17+,18-/m0/s1. The summed E-state index contributed by atoms with van der Waals surface area (Å²) in [5, 5.41) is 0.156. The van der Waals surface area contributed by atoms with E-state index in [1.807, 2.05) is 13.8 Å². The minimum Gasteiger partial charge on any atom is -0.411 e. The fraction of sp³-hybridized carbons (Fsp3) is 0.842. The Balaban J connectivity index is 5.09. The molecule has 0 radical (unpaired) electrons. The third-order valence-electron chi connectivity index (χ3n) is 4.77. The van der Waals surface area contributed by atoms with E-state index in [1.54, 1.807) is 7.11 Å². The van der Waals surface area contributed by atoms with Gasteiger partial charge < -0.3 is 14.0 Å².